The van der Waals surface area contributed by atoms with E-state index < -0.39 is 17.9 Å². The van der Waals surface area contributed by atoms with Crippen LogP contribution >= 0.6 is 23.4 Å². The van der Waals surface area contributed by atoms with Gasteiger partial charge in [0.15, 0.2) is 6.61 Å². The van der Waals surface area contributed by atoms with Crippen LogP contribution in [0.15, 0.2) is 48.5 Å². The van der Waals surface area contributed by atoms with E-state index in [1.165, 1.54) is 5.56 Å². The van der Waals surface area contributed by atoms with Crippen molar-refractivity contribution in [2.24, 2.45) is 0 Å². The van der Waals surface area contributed by atoms with Gasteiger partial charge in [0.25, 0.3) is 11.8 Å². The van der Waals surface area contributed by atoms with Gasteiger partial charge >= 0.3 is 5.97 Å². The number of fused-ring (bicyclic) bond motifs is 1. The molecule has 0 bridgehead atoms. The largest absolute Gasteiger partial charge is 0.454 e. The molecule has 2 amide bonds. The number of nitrogens with one attached hydrogen (secondary N) is 2. The summed E-state index contributed by atoms with van der Waals surface area (Å²) >= 11 is 7.42. The zero-order valence-electron chi connectivity index (χ0n) is 17.9. The molecule has 170 valence electrons. The lowest BCUT2D eigenvalue weighted by atomic mass is 9.88. The maximum atomic E-state index is 12.6. The summed E-state index contributed by atoms with van der Waals surface area (Å²) in [6, 6.07) is 13.5. The number of ether oxygens (including phenoxy) is 1. The Balaban J connectivity index is 1.54. The van der Waals surface area contributed by atoms with Crippen LogP contribution in [0.2, 0.25) is 5.02 Å². The predicted molar refractivity (Wildman–Crippen MR) is 127 cm³/mol. The number of benzene rings is 2. The van der Waals surface area contributed by atoms with E-state index in [4.69, 9.17) is 16.3 Å². The summed E-state index contributed by atoms with van der Waals surface area (Å²) in [5.74, 6) is -0.715. The van der Waals surface area contributed by atoms with Crippen molar-refractivity contribution in [3.05, 3.63) is 70.2 Å². The van der Waals surface area contributed by atoms with Crippen LogP contribution in [0.1, 0.15) is 46.8 Å². The SMILES string of the molecule is CSCC[C@H](NC(=O)c1ccc(Cl)cc1)C(=O)OCC(=O)N[C@H]1CCCc2ccccc21. The topological polar surface area (TPSA) is 84.5 Å². The van der Waals surface area contributed by atoms with E-state index in [1.807, 2.05) is 24.5 Å². The summed E-state index contributed by atoms with van der Waals surface area (Å²) in [5, 5.41) is 6.19. The van der Waals surface area contributed by atoms with Gasteiger partial charge in [0.05, 0.1) is 6.04 Å². The van der Waals surface area contributed by atoms with E-state index in [0.717, 1.165) is 24.8 Å². The first-order valence-corrected chi connectivity index (χ1v) is 12.3. The van der Waals surface area contributed by atoms with Gasteiger partial charge in [-0.25, -0.2) is 4.79 Å². The Morgan fingerprint density at radius 3 is 2.66 bits per heavy atom. The van der Waals surface area contributed by atoms with Crippen LogP contribution in [0, 0.1) is 0 Å². The van der Waals surface area contributed by atoms with Crippen LogP contribution in [0.25, 0.3) is 0 Å². The highest BCUT2D eigenvalue weighted by Gasteiger charge is 2.25. The number of amides is 2. The average Bonchev–Trinajstić information content (AvgIpc) is 2.80. The first-order valence-electron chi connectivity index (χ1n) is 10.6. The molecule has 8 heteroatoms. The van der Waals surface area contributed by atoms with E-state index in [9.17, 15) is 14.4 Å². The van der Waals surface area contributed by atoms with Crippen molar-refractivity contribution in [2.75, 3.05) is 18.6 Å². The third kappa shape index (κ3) is 6.74. The molecule has 2 N–H and O–H groups in total. The zero-order chi connectivity index (χ0) is 22.9. The van der Waals surface area contributed by atoms with Crippen molar-refractivity contribution >= 4 is 41.1 Å². The highest BCUT2D eigenvalue weighted by molar-refractivity contribution is 7.98. The van der Waals surface area contributed by atoms with Gasteiger partial charge in [0.2, 0.25) is 0 Å². The number of thioether (sulfide) groups is 1. The van der Waals surface area contributed by atoms with Crippen LogP contribution in [0.3, 0.4) is 0 Å². The summed E-state index contributed by atoms with van der Waals surface area (Å²) in [7, 11) is 0. The molecule has 2 atom stereocenters. The van der Waals surface area contributed by atoms with Gasteiger partial charge in [-0.1, -0.05) is 35.9 Å². The molecule has 6 nitrogen and oxygen atoms in total. The summed E-state index contributed by atoms with van der Waals surface area (Å²) in [6.45, 7) is -0.385. The van der Waals surface area contributed by atoms with Crippen molar-refractivity contribution in [2.45, 2.75) is 37.8 Å². The van der Waals surface area contributed by atoms with Crippen LogP contribution in [0.5, 0.6) is 0 Å². The number of carbonyl (C=O) groups excluding carboxylic acids is 3. The summed E-state index contributed by atoms with van der Waals surface area (Å²) in [6.07, 6.45) is 5.16. The molecule has 2 aromatic carbocycles. The number of esters is 1. The van der Waals surface area contributed by atoms with Crippen molar-refractivity contribution in [3.63, 3.8) is 0 Å². The molecule has 0 fully saturated rings. The van der Waals surface area contributed by atoms with Crippen LogP contribution in [-0.2, 0) is 20.7 Å². The molecule has 2 aromatic rings. The lowest BCUT2D eigenvalue weighted by Crippen LogP contribution is -2.43. The summed E-state index contributed by atoms with van der Waals surface area (Å²) < 4.78 is 5.25. The lowest BCUT2D eigenvalue weighted by molar-refractivity contribution is -0.150. The molecule has 0 saturated heterocycles. The predicted octanol–water partition coefficient (Wildman–Crippen LogP) is 3.93. The minimum atomic E-state index is -0.839. The minimum absolute atomic E-state index is 0.0805. The zero-order valence-corrected chi connectivity index (χ0v) is 19.5. The molecule has 3 rings (SSSR count). The van der Waals surface area contributed by atoms with Crippen LogP contribution < -0.4 is 10.6 Å². The second kappa shape index (κ2) is 11.9. The monoisotopic (exact) mass is 474 g/mol. The van der Waals surface area contributed by atoms with Crippen molar-refractivity contribution in [3.8, 4) is 0 Å². The highest BCUT2D eigenvalue weighted by atomic mass is 35.5. The molecule has 0 radical (unpaired) electrons. The molecule has 0 aliphatic heterocycles. The highest BCUT2D eigenvalue weighted by Crippen LogP contribution is 2.29. The van der Waals surface area contributed by atoms with Crippen LogP contribution in [0.4, 0.5) is 0 Å². The summed E-state index contributed by atoms with van der Waals surface area (Å²) in [5.41, 5.74) is 2.75. The Labute approximate surface area is 197 Å². The van der Waals surface area contributed by atoms with Gasteiger partial charge < -0.3 is 15.4 Å². The van der Waals surface area contributed by atoms with Crippen molar-refractivity contribution in [1.29, 1.82) is 0 Å². The van der Waals surface area contributed by atoms with E-state index in [2.05, 4.69) is 16.7 Å². The molecular formula is C24H27ClN2O4S. The first kappa shape index (κ1) is 24.1. The van der Waals surface area contributed by atoms with E-state index in [0.29, 0.717) is 22.8 Å². The molecule has 0 aromatic heterocycles. The smallest absolute Gasteiger partial charge is 0.329 e. The van der Waals surface area contributed by atoms with Gasteiger partial charge in [-0.05, 0) is 73.1 Å². The Morgan fingerprint density at radius 2 is 1.91 bits per heavy atom. The molecule has 0 heterocycles. The summed E-state index contributed by atoms with van der Waals surface area (Å²) in [4.78, 5) is 37.6. The van der Waals surface area contributed by atoms with Gasteiger partial charge in [0.1, 0.15) is 6.04 Å². The number of aryl methyl sites for hydroxylation is 1. The normalized spacial score (nSPS) is 15.9. The molecule has 0 saturated carbocycles. The fraction of sp³-hybridized carbons (Fsp3) is 0.375. The number of rotatable bonds is 9. The van der Waals surface area contributed by atoms with E-state index in [-0.39, 0.29) is 18.6 Å². The van der Waals surface area contributed by atoms with Crippen LogP contribution in [-0.4, -0.2) is 42.4 Å². The Morgan fingerprint density at radius 1 is 1.16 bits per heavy atom. The standard InChI is InChI=1S/C24H27ClN2O4S/c1-32-14-13-21(27-23(29)17-9-11-18(25)12-10-17)24(30)31-15-22(28)26-20-8-4-6-16-5-2-3-7-19(16)20/h2-3,5,7,9-12,20-21H,4,6,8,13-15H2,1H3,(H,26,28)(H,27,29)/t20-,21-/m0/s1. The fourth-order valence-electron chi connectivity index (χ4n) is 3.70. The Hall–Kier alpha value is -2.51. The third-order valence-corrected chi connectivity index (χ3v) is 6.25. The lowest BCUT2D eigenvalue weighted by Gasteiger charge is -2.26. The minimum Gasteiger partial charge on any atom is -0.454 e. The Kier molecular flexibility index (Phi) is 9.00. The fourth-order valence-corrected chi connectivity index (χ4v) is 4.30. The number of hydrogen-bond acceptors (Lipinski definition) is 5. The van der Waals surface area contributed by atoms with E-state index >= 15 is 0 Å². The maximum Gasteiger partial charge on any atom is 0.329 e. The third-order valence-electron chi connectivity index (χ3n) is 5.36. The molecule has 0 unspecified atom stereocenters. The van der Waals surface area contributed by atoms with Gasteiger partial charge in [0, 0.05) is 10.6 Å². The van der Waals surface area contributed by atoms with Gasteiger partial charge in [-0.15, -0.1) is 0 Å². The first-order chi connectivity index (χ1) is 15.5. The van der Waals surface area contributed by atoms with Crippen molar-refractivity contribution < 1.29 is 19.1 Å². The quantitative estimate of drug-likeness (QED) is 0.538. The molecule has 32 heavy (non-hydrogen) atoms. The number of halogens is 1. The van der Waals surface area contributed by atoms with Crippen molar-refractivity contribution in [1.82, 2.24) is 10.6 Å². The van der Waals surface area contributed by atoms with Gasteiger partial charge in [-0.3, -0.25) is 9.59 Å². The second-order valence-corrected chi connectivity index (χ2v) is 9.06. The van der Waals surface area contributed by atoms with Gasteiger partial charge in [-0.2, -0.15) is 11.8 Å². The second-order valence-electron chi connectivity index (χ2n) is 7.63. The molecule has 1 aliphatic carbocycles. The van der Waals surface area contributed by atoms with E-state index in [1.54, 1.807) is 36.0 Å². The number of carbonyl (C=O) groups is 3. The maximum absolute atomic E-state index is 12.6. The number of hydrogen-bond donors (Lipinski definition) is 2. The molecule has 0 spiro atoms. The molecule has 1 aliphatic rings. The Bertz CT molecular complexity index is 951. The average molecular weight is 475 g/mol. The molecular weight excluding hydrogens is 448 g/mol.